The molecule has 3 fully saturated rings. The Balaban J connectivity index is 1.48. The third-order valence-corrected chi connectivity index (χ3v) is 17.8. The lowest BCUT2D eigenvalue weighted by atomic mass is 9.88. The molecule has 236 valence electrons. The molecule has 0 aromatic heterocycles. The second-order valence-electron chi connectivity index (χ2n) is 12.3. The Labute approximate surface area is 253 Å². The van der Waals surface area contributed by atoms with E-state index < -0.39 is 32.4 Å². The number of aliphatic hydroxyl groups is 2. The van der Waals surface area contributed by atoms with Crippen LogP contribution in [0.4, 0.5) is 0 Å². The normalized spacial score (nSPS) is 37.2. The van der Waals surface area contributed by atoms with Crippen molar-refractivity contribution in [3.8, 4) is 0 Å². The summed E-state index contributed by atoms with van der Waals surface area (Å²) in [7, 11) is -5.55. The standard InChI is InChI=1S/C27H51IO10P2/c1-5-27(19-35-14-25-15-36-25,17-33-11-23(30)12-37-40(32)9-7-21(3)26(40)28)18-34-13-24(10-29)38-39(31)8-6-20(2)22(4)16-39/h20-26,29-30H,5-19H2,1-4H3/t20?,21?,22-,23?,24?,25?,26-,27?,39?,40?/m0/s1. The van der Waals surface area contributed by atoms with Gasteiger partial charge in [0.1, 0.15) is 18.3 Å². The number of rotatable bonds is 19. The van der Waals surface area contributed by atoms with Crippen molar-refractivity contribution in [2.75, 3.05) is 77.9 Å². The Kier molecular flexibility index (Phi) is 14.4. The van der Waals surface area contributed by atoms with Gasteiger partial charge in [0, 0.05) is 23.9 Å². The number of aliphatic hydroxyl groups excluding tert-OH is 2. The fraction of sp³-hybridized carbons (Fsp3) is 1.00. The lowest BCUT2D eigenvalue weighted by Gasteiger charge is -2.35. The Morgan fingerprint density at radius 1 is 0.975 bits per heavy atom. The molecule has 3 aliphatic heterocycles. The van der Waals surface area contributed by atoms with Gasteiger partial charge in [0.2, 0.25) is 14.7 Å². The van der Waals surface area contributed by atoms with E-state index in [1.54, 1.807) is 0 Å². The van der Waals surface area contributed by atoms with E-state index in [2.05, 4.69) is 43.4 Å². The predicted molar refractivity (Wildman–Crippen MR) is 163 cm³/mol. The second-order valence-corrected chi connectivity index (χ2v) is 20.0. The van der Waals surface area contributed by atoms with Crippen molar-refractivity contribution in [3.63, 3.8) is 0 Å². The predicted octanol–water partition coefficient (Wildman–Crippen LogP) is 4.62. The average Bonchev–Trinajstić information content (AvgIpc) is 3.71. The van der Waals surface area contributed by atoms with Crippen molar-refractivity contribution >= 4 is 37.3 Å². The van der Waals surface area contributed by atoms with Gasteiger partial charge in [-0.05, 0) is 37.0 Å². The first kappa shape index (κ1) is 35.4. The van der Waals surface area contributed by atoms with Gasteiger partial charge in [-0.2, -0.15) is 0 Å². The van der Waals surface area contributed by atoms with Gasteiger partial charge in [-0.25, -0.2) is 0 Å². The minimum Gasteiger partial charge on any atom is -0.394 e. The molecular formula is C27H51IO10P2. The first-order valence-electron chi connectivity index (χ1n) is 14.7. The highest BCUT2D eigenvalue weighted by Gasteiger charge is 2.43. The number of hydrogen-bond acceptors (Lipinski definition) is 10. The number of halogens is 1. The molecule has 0 aliphatic carbocycles. The maximum Gasteiger partial charge on any atom is 0.215 e. The Bertz CT molecular complexity index is 861. The van der Waals surface area contributed by atoms with Crippen molar-refractivity contribution in [3.05, 3.63) is 0 Å². The summed E-state index contributed by atoms with van der Waals surface area (Å²) in [4.78, 5) is 0. The molecule has 0 amide bonds. The monoisotopic (exact) mass is 724 g/mol. The van der Waals surface area contributed by atoms with Crippen molar-refractivity contribution in [1.29, 1.82) is 0 Å². The van der Waals surface area contributed by atoms with Crippen LogP contribution in [-0.4, -0.2) is 110 Å². The molecule has 10 nitrogen and oxygen atoms in total. The highest BCUT2D eigenvalue weighted by atomic mass is 127. The van der Waals surface area contributed by atoms with Gasteiger partial charge in [0.15, 0.2) is 0 Å². The van der Waals surface area contributed by atoms with Crippen molar-refractivity contribution < 1.29 is 47.3 Å². The van der Waals surface area contributed by atoms with Crippen LogP contribution < -0.4 is 0 Å². The van der Waals surface area contributed by atoms with E-state index in [0.29, 0.717) is 62.5 Å². The van der Waals surface area contributed by atoms with Crippen LogP contribution in [0.3, 0.4) is 0 Å². The molecule has 8 unspecified atom stereocenters. The van der Waals surface area contributed by atoms with E-state index in [4.69, 9.17) is 28.0 Å². The molecule has 3 saturated heterocycles. The molecule has 3 heterocycles. The zero-order chi connectivity index (χ0) is 29.4. The number of hydrogen-bond donors (Lipinski definition) is 2. The molecule has 0 aromatic rings. The summed E-state index contributed by atoms with van der Waals surface area (Å²) < 4.78 is 61.1. The van der Waals surface area contributed by atoms with Gasteiger partial charge < -0.3 is 38.2 Å². The van der Waals surface area contributed by atoms with Crippen LogP contribution in [0.25, 0.3) is 0 Å². The van der Waals surface area contributed by atoms with E-state index >= 15 is 0 Å². The average molecular weight is 725 g/mol. The Hall–Kier alpha value is 0.870. The van der Waals surface area contributed by atoms with Gasteiger partial charge in [0.25, 0.3) is 0 Å². The van der Waals surface area contributed by atoms with Gasteiger partial charge in [-0.15, -0.1) is 0 Å². The fourth-order valence-corrected chi connectivity index (χ4v) is 12.5. The summed E-state index contributed by atoms with van der Waals surface area (Å²) in [5.74, 6) is 1.19. The molecule has 0 radical (unpaired) electrons. The van der Waals surface area contributed by atoms with Gasteiger partial charge in [-0.3, -0.25) is 9.13 Å². The lowest BCUT2D eigenvalue weighted by molar-refractivity contribution is -0.0963. The molecule has 3 aliphatic rings. The Morgan fingerprint density at radius 2 is 1.62 bits per heavy atom. The van der Waals surface area contributed by atoms with Crippen LogP contribution in [-0.2, 0) is 37.1 Å². The lowest BCUT2D eigenvalue weighted by Crippen LogP contribution is -2.39. The minimum atomic E-state index is -2.81. The summed E-state index contributed by atoms with van der Waals surface area (Å²) >= 11 is 2.21. The highest BCUT2D eigenvalue weighted by Crippen LogP contribution is 2.63. The number of epoxide rings is 1. The van der Waals surface area contributed by atoms with Crippen LogP contribution in [0, 0.1) is 23.2 Å². The van der Waals surface area contributed by atoms with Gasteiger partial charge >= 0.3 is 0 Å². The summed E-state index contributed by atoms with van der Waals surface area (Å²) in [5, 5.41) is 20.4. The quantitative estimate of drug-likeness (QED) is 0.0842. The van der Waals surface area contributed by atoms with Crippen LogP contribution in [0.15, 0.2) is 0 Å². The molecule has 0 bridgehead atoms. The van der Waals surface area contributed by atoms with Crippen molar-refractivity contribution in [2.24, 2.45) is 23.2 Å². The number of alkyl halides is 1. The van der Waals surface area contributed by atoms with E-state index in [-0.39, 0.29) is 49.4 Å². The second kappa shape index (κ2) is 16.3. The van der Waals surface area contributed by atoms with Gasteiger partial charge in [0.05, 0.1) is 63.1 Å². The zero-order valence-corrected chi connectivity index (χ0v) is 28.5. The molecule has 0 saturated carbocycles. The van der Waals surface area contributed by atoms with Crippen LogP contribution in [0.1, 0.15) is 47.0 Å². The molecular weight excluding hydrogens is 673 g/mol. The van der Waals surface area contributed by atoms with Crippen LogP contribution in [0.5, 0.6) is 0 Å². The smallest absolute Gasteiger partial charge is 0.215 e. The van der Waals surface area contributed by atoms with E-state index in [1.165, 1.54) is 0 Å². The van der Waals surface area contributed by atoms with Crippen LogP contribution in [0.2, 0.25) is 0 Å². The van der Waals surface area contributed by atoms with Crippen molar-refractivity contribution in [2.45, 2.75) is 68.9 Å². The van der Waals surface area contributed by atoms with Crippen LogP contribution >= 0.6 is 37.3 Å². The largest absolute Gasteiger partial charge is 0.394 e. The maximum atomic E-state index is 13.3. The molecule has 3 rings (SSSR count). The van der Waals surface area contributed by atoms with Gasteiger partial charge in [-0.1, -0.05) is 50.3 Å². The minimum absolute atomic E-state index is 0.0221. The van der Waals surface area contributed by atoms with E-state index in [9.17, 15) is 19.3 Å². The summed E-state index contributed by atoms with van der Waals surface area (Å²) in [6, 6.07) is 0. The Morgan fingerprint density at radius 3 is 2.20 bits per heavy atom. The summed E-state index contributed by atoms with van der Waals surface area (Å²) in [5.41, 5.74) is -0.504. The molecule has 10 atom stereocenters. The molecule has 2 N–H and O–H groups in total. The molecule has 40 heavy (non-hydrogen) atoms. The van der Waals surface area contributed by atoms with E-state index in [0.717, 1.165) is 12.8 Å². The zero-order valence-electron chi connectivity index (χ0n) is 24.6. The molecule has 0 spiro atoms. The fourth-order valence-electron chi connectivity index (χ4n) is 5.13. The van der Waals surface area contributed by atoms with Crippen molar-refractivity contribution in [1.82, 2.24) is 0 Å². The first-order valence-corrected chi connectivity index (χ1v) is 19.8. The third-order valence-electron chi connectivity index (χ3n) is 8.53. The number of ether oxygens (including phenoxy) is 4. The molecule has 13 heteroatoms. The summed E-state index contributed by atoms with van der Waals surface area (Å²) in [6.07, 6.45) is 2.63. The summed E-state index contributed by atoms with van der Waals surface area (Å²) in [6.45, 7) is 10.4. The third kappa shape index (κ3) is 10.8. The maximum absolute atomic E-state index is 13.3. The first-order chi connectivity index (χ1) is 18.9. The topological polar surface area (TPSA) is 133 Å². The highest BCUT2D eigenvalue weighted by molar-refractivity contribution is 14.1. The van der Waals surface area contributed by atoms with E-state index in [1.807, 2.05) is 6.92 Å². The molecule has 0 aromatic carbocycles. The SMILES string of the molecule is CCC(COCC(O)COP1(=O)CCC(C)[C@H]1I)(COCC1CO1)COCC(CO)OP1(=O)CCC(C)[C@@H](C)C1.